The van der Waals surface area contributed by atoms with Gasteiger partial charge in [0.15, 0.2) is 23.3 Å². The van der Waals surface area contributed by atoms with Gasteiger partial charge in [-0.2, -0.15) is 0 Å². The molecule has 1 aliphatic rings. The van der Waals surface area contributed by atoms with Gasteiger partial charge >= 0.3 is 0 Å². The summed E-state index contributed by atoms with van der Waals surface area (Å²) in [5.74, 6) is -13.6. The molecule has 0 spiro atoms. The first-order chi connectivity index (χ1) is 11.3. The average Bonchev–Trinajstić information content (AvgIpc) is 3.08. The average molecular weight is 346 g/mol. The number of halogens is 5. The van der Waals surface area contributed by atoms with E-state index in [0.29, 0.717) is 0 Å². The SMILES string of the molecule is O=C(CNC(=O)c1c(F)c(F)c(F)c(F)c1F)NCC1=CCC=C1. The highest BCUT2D eigenvalue weighted by Crippen LogP contribution is 2.22. The monoisotopic (exact) mass is 346 g/mol. The van der Waals surface area contributed by atoms with Crippen molar-refractivity contribution in [2.24, 2.45) is 0 Å². The van der Waals surface area contributed by atoms with Crippen molar-refractivity contribution in [3.63, 3.8) is 0 Å². The van der Waals surface area contributed by atoms with Crippen LogP contribution in [0.25, 0.3) is 0 Å². The van der Waals surface area contributed by atoms with Gasteiger partial charge in [0.05, 0.1) is 6.54 Å². The molecule has 0 radical (unpaired) electrons. The lowest BCUT2D eigenvalue weighted by molar-refractivity contribution is -0.119. The lowest BCUT2D eigenvalue weighted by Gasteiger charge is -2.09. The van der Waals surface area contributed by atoms with Gasteiger partial charge in [-0.15, -0.1) is 0 Å². The summed E-state index contributed by atoms with van der Waals surface area (Å²) in [6.45, 7) is -0.497. The van der Waals surface area contributed by atoms with Gasteiger partial charge in [-0.1, -0.05) is 18.2 Å². The van der Waals surface area contributed by atoms with Gasteiger partial charge in [-0.25, -0.2) is 22.0 Å². The van der Waals surface area contributed by atoms with Crippen molar-refractivity contribution in [1.82, 2.24) is 10.6 Å². The van der Waals surface area contributed by atoms with E-state index in [4.69, 9.17) is 0 Å². The summed E-state index contributed by atoms with van der Waals surface area (Å²) >= 11 is 0. The molecule has 0 bridgehead atoms. The van der Waals surface area contributed by atoms with Gasteiger partial charge in [0, 0.05) is 6.54 Å². The lowest BCUT2D eigenvalue weighted by atomic mass is 10.1. The molecular weight excluding hydrogens is 335 g/mol. The molecule has 128 valence electrons. The van der Waals surface area contributed by atoms with E-state index >= 15 is 0 Å². The van der Waals surface area contributed by atoms with Gasteiger partial charge < -0.3 is 10.6 Å². The minimum Gasteiger partial charge on any atom is -0.351 e. The van der Waals surface area contributed by atoms with Gasteiger partial charge in [-0.05, 0) is 12.0 Å². The molecule has 2 rings (SSSR count). The molecule has 0 atom stereocenters. The highest BCUT2D eigenvalue weighted by Gasteiger charge is 2.29. The summed E-state index contributed by atoms with van der Waals surface area (Å²) in [7, 11) is 0. The van der Waals surface area contributed by atoms with Crippen LogP contribution in [0.3, 0.4) is 0 Å². The summed E-state index contributed by atoms with van der Waals surface area (Å²) in [5.41, 5.74) is -0.796. The molecule has 0 heterocycles. The first kappa shape index (κ1) is 17.6. The fraction of sp³-hybridized carbons (Fsp3) is 0.200. The van der Waals surface area contributed by atoms with Crippen molar-refractivity contribution in [3.05, 3.63) is 58.5 Å². The van der Waals surface area contributed by atoms with Crippen LogP contribution in [0.2, 0.25) is 0 Å². The minimum absolute atomic E-state index is 0.188. The highest BCUT2D eigenvalue weighted by molar-refractivity contribution is 5.97. The topological polar surface area (TPSA) is 58.2 Å². The van der Waals surface area contributed by atoms with Crippen molar-refractivity contribution in [2.45, 2.75) is 6.42 Å². The second-order valence-electron chi connectivity index (χ2n) is 4.82. The van der Waals surface area contributed by atoms with Crippen molar-refractivity contribution >= 4 is 11.8 Å². The van der Waals surface area contributed by atoms with Crippen LogP contribution in [-0.4, -0.2) is 24.9 Å². The lowest BCUT2D eigenvalue weighted by Crippen LogP contribution is -2.38. The Balaban J connectivity index is 2.00. The van der Waals surface area contributed by atoms with Crippen molar-refractivity contribution < 1.29 is 31.5 Å². The second kappa shape index (κ2) is 7.24. The van der Waals surface area contributed by atoms with E-state index in [9.17, 15) is 31.5 Å². The molecule has 1 aliphatic carbocycles. The molecule has 2 amide bonds. The van der Waals surface area contributed by atoms with Crippen LogP contribution in [0, 0.1) is 29.1 Å². The first-order valence-electron chi connectivity index (χ1n) is 6.74. The Morgan fingerprint density at radius 1 is 0.917 bits per heavy atom. The standard InChI is InChI=1S/C15H11F5N2O2/c16-10-9(11(17)13(19)14(20)12(10)18)15(24)22-6-8(23)21-5-7-3-1-2-4-7/h1,3-4H,2,5-6H2,(H,21,23)(H,22,24). The van der Waals surface area contributed by atoms with E-state index in [1.807, 2.05) is 12.2 Å². The number of allylic oxidation sites excluding steroid dienone is 2. The molecule has 1 aromatic carbocycles. The van der Waals surface area contributed by atoms with E-state index in [-0.39, 0.29) is 6.54 Å². The third kappa shape index (κ3) is 3.61. The zero-order chi connectivity index (χ0) is 17.9. The van der Waals surface area contributed by atoms with E-state index in [1.54, 1.807) is 11.4 Å². The fourth-order valence-electron chi connectivity index (χ4n) is 1.95. The summed E-state index contributed by atoms with van der Waals surface area (Å²) in [6, 6.07) is 0. The molecule has 9 heteroatoms. The van der Waals surface area contributed by atoms with Gasteiger partial charge in [0.25, 0.3) is 5.91 Å². The molecule has 1 aromatic rings. The molecule has 0 saturated heterocycles. The number of amides is 2. The zero-order valence-corrected chi connectivity index (χ0v) is 12.1. The fourth-order valence-corrected chi connectivity index (χ4v) is 1.95. The third-order valence-electron chi connectivity index (χ3n) is 3.18. The normalized spacial score (nSPS) is 13.0. The van der Waals surface area contributed by atoms with E-state index in [0.717, 1.165) is 12.0 Å². The second-order valence-corrected chi connectivity index (χ2v) is 4.82. The number of rotatable bonds is 5. The quantitative estimate of drug-likeness (QED) is 0.487. The molecule has 0 unspecified atom stereocenters. The summed E-state index contributed by atoms with van der Waals surface area (Å²) < 4.78 is 65.8. The molecule has 0 saturated carbocycles. The molecule has 0 aliphatic heterocycles. The predicted octanol–water partition coefficient (Wildman–Crippen LogP) is 2.11. The molecule has 4 nitrogen and oxygen atoms in total. The van der Waals surface area contributed by atoms with Crippen LogP contribution in [0.15, 0.2) is 23.8 Å². The van der Waals surface area contributed by atoms with Crippen LogP contribution < -0.4 is 10.6 Å². The summed E-state index contributed by atoms with van der Waals surface area (Å²) in [5, 5.41) is 4.23. The van der Waals surface area contributed by atoms with E-state index in [2.05, 4.69) is 5.32 Å². The van der Waals surface area contributed by atoms with Crippen molar-refractivity contribution in [3.8, 4) is 0 Å². The number of carbonyl (C=O) groups is 2. The smallest absolute Gasteiger partial charge is 0.257 e. The van der Waals surface area contributed by atoms with E-state index < -0.39 is 53.0 Å². The molecule has 2 N–H and O–H groups in total. The van der Waals surface area contributed by atoms with Crippen LogP contribution in [0.5, 0.6) is 0 Å². The maximum Gasteiger partial charge on any atom is 0.257 e. The third-order valence-corrected chi connectivity index (χ3v) is 3.18. The predicted molar refractivity (Wildman–Crippen MR) is 73.4 cm³/mol. The zero-order valence-electron chi connectivity index (χ0n) is 12.1. The maximum atomic E-state index is 13.4. The van der Waals surface area contributed by atoms with Gasteiger partial charge in [-0.3, -0.25) is 9.59 Å². The van der Waals surface area contributed by atoms with Crippen molar-refractivity contribution in [1.29, 1.82) is 0 Å². The molecular formula is C15H11F5N2O2. The molecule has 0 fully saturated rings. The van der Waals surface area contributed by atoms with Crippen LogP contribution >= 0.6 is 0 Å². The Kier molecular flexibility index (Phi) is 5.32. The number of carbonyl (C=O) groups excluding carboxylic acids is 2. The Morgan fingerprint density at radius 2 is 1.50 bits per heavy atom. The number of nitrogens with one attached hydrogen (secondary N) is 2. The van der Waals surface area contributed by atoms with Crippen LogP contribution in [0.1, 0.15) is 16.8 Å². The Morgan fingerprint density at radius 3 is 2.04 bits per heavy atom. The number of hydrogen-bond acceptors (Lipinski definition) is 2. The Labute approximate surface area is 133 Å². The largest absolute Gasteiger partial charge is 0.351 e. The number of benzene rings is 1. The molecule has 24 heavy (non-hydrogen) atoms. The number of hydrogen-bond donors (Lipinski definition) is 2. The minimum atomic E-state index is -2.36. The highest BCUT2D eigenvalue weighted by atomic mass is 19.2. The van der Waals surface area contributed by atoms with Gasteiger partial charge in [0.2, 0.25) is 11.7 Å². The maximum absolute atomic E-state index is 13.4. The first-order valence-corrected chi connectivity index (χ1v) is 6.74. The Bertz CT molecular complexity index is 730. The van der Waals surface area contributed by atoms with Crippen LogP contribution in [0.4, 0.5) is 22.0 Å². The van der Waals surface area contributed by atoms with Crippen molar-refractivity contribution in [2.75, 3.05) is 13.1 Å². The summed E-state index contributed by atoms with van der Waals surface area (Å²) in [6.07, 6.45) is 6.25. The molecule has 0 aromatic heterocycles. The van der Waals surface area contributed by atoms with Gasteiger partial charge in [0.1, 0.15) is 5.56 Å². The summed E-state index contributed by atoms with van der Waals surface area (Å²) in [4.78, 5) is 23.1. The van der Waals surface area contributed by atoms with E-state index in [1.165, 1.54) is 0 Å². The van der Waals surface area contributed by atoms with Crippen LogP contribution in [-0.2, 0) is 4.79 Å². The Hall–Kier alpha value is -2.71.